The first-order valence-corrected chi connectivity index (χ1v) is 9.87. The van der Waals surface area contributed by atoms with Crippen molar-refractivity contribution in [2.75, 3.05) is 6.61 Å². The van der Waals surface area contributed by atoms with Crippen LogP contribution in [0, 0.1) is 19.8 Å². The summed E-state index contributed by atoms with van der Waals surface area (Å²) in [6.45, 7) is 9.83. The second kappa shape index (κ2) is 8.91. The summed E-state index contributed by atoms with van der Waals surface area (Å²) in [5.74, 6) is 1.78. The molecule has 0 saturated carbocycles. The molecule has 0 aliphatic heterocycles. The van der Waals surface area contributed by atoms with Gasteiger partial charge in [-0.3, -0.25) is 4.79 Å². The molecule has 0 aliphatic rings. The van der Waals surface area contributed by atoms with E-state index in [1.165, 1.54) is 11.1 Å². The zero-order valence-corrected chi connectivity index (χ0v) is 17.2. The number of amides is 1. The Hall–Kier alpha value is -2.82. The van der Waals surface area contributed by atoms with Crippen molar-refractivity contribution in [1.82, 2.24) is 14.9 Å². The van der Waals surface area contributed by atoms with E-state index in [9.17, 15) is 4.79 Å². The van der Waals surface area contributed by atoms with Crippen molar-refractivity contribution in [3.8, 4) is 5.75 Å². The van der Waals surface area contributed by atoms with Crippen LogP contribution in [0.1, 0.15) is 37.2 Å². The molecule has 1 amide bonds. The minimum Gasteiger partial charge on any atom is -0.494 e. The highest BCUT2D eigenvalue weighted by Crippen LogP contribution is 2.18. The van der Waals surface area contributed by atoms with Gasteiger partial charge in [-0.2, -0.15) is 0 Å². The molecule has 0 radical (unpaired) electrons. The van der Waals surface area contributed by atoms with E-state index in [-0.39, 0.29) is 11.8 Å². The van der Waals surface area contributed by atoms with Gasteiger partial charge in [-0.05, 0) is 55.7 Å². The van der Waals surface area contributed by atoms with Crippen LogP contribution in [-0.2, 0) is 17.9 Å². The predicted octanol–water partition coefficient (Wildman–Crippen LogP) is 4.39. The molecule has 0 saturated heterocycles. The maximum Gasteiger partial charge on any atom is 0.222 e. The lowest BCUT2D eigenvalue weighted by atomic mass is 10.1. The van der Waals surface area contributed by atoms with E-state index < -0.39 is 0 Å². The summed E-state index contributed by atoms with van der Waals surface area (Å²) in [4.78, 5) is 16.7. The second-order valence-corrected chi connectivity index (χ2v) is 7.49. The summed E-state index contributed by atoms with van der Waals surface area (Å²) >= 11 is 0. The van der Waals surface area contributed by atoms with Crippen LogP contribution in [0.5, 0.6) is 5.75 Å². The molecular weight excluding hydrogens is 350 g/mol. The molecule has 0 spiro atoms. The largest absolute Gasteiger partial charge is 0.494 e. The number of carbonyl (C=O) groups excluding carboxylic acids is 1. The van der Waals surface area contributed by atoms with Crippen molar-refractivity contribution >= 4 is 16.9 Å². The molecule has 3 aromatic rings. The average molecular weight is 380 g/mol. The van der Waals surface area contributed by atoms with E-state index >= 15 is 0 Å². The number of rotatable bonds is 8. The number of carbonyl (C=O) groups is 1. The quantitative estimate of drug-likeness (QED) is 0.591. The first kappa shape index (κ1) is 19.9. The molecule has 2 aromatic carbocycles. The van der Waals surface area contributed by atoms with Gasteiger partial charge in [0.2, 0.25) is 5.91 Å². The fourth-order valence-corrected chi connectivity index (χ4v) is 3.10. The van der Waals surface area contributed by atoms with Crippen molar-refractivity contribution in [1.29, 1.82) is 0 Å². The zero-order valence-electron chi connectivity index (χ0n) is 17.2. The summed E-state index contributed by atoms with van der Waals surface area (Å²) < 4.78 is 8.10. The Labute approximate surface area is 166 Å². The molecule has 0 aliphatic carbocycles. The highest BCUT2D eigenvalue weighted by molar-refractivity contribution is 5.78. The van der Waals surface area contributed by atoms with Crippen LogP contribution in [-0.4, -0.2) is 22.1 Å². The van der Waals surface area contributed by atoms with Gasteiger partial charge in [0.15, 0.2) is 0 Å². The zero-order chi connectivity index (χ0) is 20.1. The number of ether oxygens (including phenoxy) is 1. The fraction of sp³-hybridized carbons (Fsp3) is 0.391. The Morgan fingerprint density at radius 3 is 2.68 bits per heavy atom. The summed E-state index contributed by atoms with van der Waals surface area (Å²) in [5, 5.41) is 2.97. The van der Waals surface area contributed by atoms with Gasteiger partial charge < -0.3 is 14.6 Å². The number of benzene rings is 2. The second-order valence-electron chi connectivity index (χ2n) is 7.49. The highest BCUT2D eigenvalue weighted by Gasteiger charge is 2.13. The topological polar surface area (TPSA) is 56.1 Å². The van der Waals surface area contributed by atoms with Gasteiger partial charge in [0.1, 0.15) is 11.6 Å². The third kappa shape index (κ3) is 4.71. The standard InChI is InChI=1S/C23H29N3O2/c1-16(2)23(27)24-15-22-25-20-8-5-6-9-21(20)26(22)12-7-13-28-19-11-10-17(3)18(4)14-19/h5-6,8-11,14,16H,7,12-13,15H2,1-4H3,(H,24,27). The number of imidazole rings is 1. The lowest BCUT2D eigenvalue weighted by Gasteiger charge is -2.12. The van der Waals surface area contributed by atoms with Crippen LogP contribution >= 0.6 is 0 Å². The van der Waals surface area contributed by atoms with E-state index in [0.29, 0.717) is 13.2 Å². The maximum absolute atomic E-state index is 11.9. The van der Waals surface area contributed by atoms with Gasteiger partial charge in [-0.25, -0.2) is 4.98 Å². The molecule has 0 bridgehead atoms. The minimum absolute atomic E-state index is 0.0378. The van der Waals surface area contributed by atoms with Crippen LogP contribution in [0.3, 0.4) is 0 Å². The summed E-state index contributed by atoms with van der Waals surface area (Å²) in [6.07, 6.45) is 0.860. The third-order valence-corrected chi connectivity index (χ3v) is 4.95. The van der Waals surface area contributed by atoms with E-state index in [0.717, 1.165) is 35.6 Å². The Bertz CT molecular complexity index is 960. The lowest BCUT2D eigenvalue weighted by Crippen LogP contribution is -2.28. The predicted molar refractivity (Wildman–Crippen MR) is 112 cm³/mol. The number of nitrogens with one attached hydrogen (secondary N) is 1. The number of aryl methyl sites for hydroxylation is 3. The summed E-state index contributed by atoms with van der Waals surface area (Å²) in [7, 11) is 0. The molecule has 3 rings (SSSR count). The first-order valence-electron chi connectivity index (χ1n) is 9.87. The summed E-state index contributed by atoms with van der Waals surface area (Å²) in [6, 6.07) is 14.3. The third-order valence-electron chi connectivity index (χ3n) is 4.95. The smallest absolute Gasteiger partial charge is 0.222 e. The molecule has 5 nitrogen and oxygen atoms in total. The minimum atomic E-state index is -0.0378. The van der Waals surface area contributed by atoms with Crippen LogP contribution in [0.2, 0.25) is 0 Å². The van der Waals surface area contributed by atoms with Crippen LogP contribution < -0.4 is 10.1 Å². The van der Waals surface area contributed by atoms with E-state index in [4.69, 9.17) is 9.72 Å². The van der Waals surface area contributed by atoms with Gasteiger partial charge in [0, 0.05) is 12.5 Å². The van der Waals surface area contributed by atoms with Crippen molar-refractivity contribution in [3.05, 3.63) is 59.4 Å². The Morgan fingerprint density at radius 1 is 1.14 bits per heavy atom. The monoisotopic (exact) mass is 379 g/mol. The maximum atomic E-state index is 11.9. The number of fused-ring (bicyclic) bond motifs is 1. The van der Waals surface area contributed by atoms with Gasteiger partial charge in [0.05, 0.1) is 24.2 Å². The summed E-state index contributed by atoms with van der Waals surface area (Å²) in [5.41, 5.74) is 4.54. The molecule has 0 atom stereocenters. The number of nitrogens with zero attached hydrogens (tertiary/aromatic N) is 2. The van der Waals surface area contributed by atoms with Crippen LogP contribution in [0.15, 0.2) is 42.5 Å². The average Bonchev–Trinajstić information content (AvgIpc) is 3.03. The van der Waals surface area contributed by atoms with Crippen LogP contribution in [0.25, 0.3) is 11.0 Å². The first-order chi connectivity index (χ1) is 13.5. The van der Waals surface area contributed by atoms with Gasteiger partial charge >= 0.3 is 0 Å². The molecule has 1 aromatic heterocycles. The number of para-hydroxylation sites is 2. The number of hydrogen-bond donors (Lipinski definition) is 1. The van der Waals surface area contributed by atoms with E-state index in [1.807, 2.05) is 38.1 Å². The Morgan fingerprint density at radius 2 is 1.93 bits per heavy atom. The number of hydrogen-bond acceptors (Lipinski definition) is 3. The van der Waals surface area contributed by atoms with Gasteiger partial charge in [-0.1, -0.05) is 32.0 Å². The van der Waals surface area contributed by atoms with Crippen molar-refractivity contribution in [3.63, 3.8) is 0 Å². The van der Waals surface area contributed by atoms with Crippen LogP contribution in [0.4, 0.5) is 0 Å². The van der Waals surface area contributed by atoms with E-state index in [1.54, 1.807) is 0 Å². The van der Waals surface area contributed by atoms with Crippen molar-refractivity contribution in [2.45, 2.75) is 47.2 Å². The molecule has 5 heteroatoms. The van der Waals surface area contributed by atoms with Gasteiger partial charge in [-0.15, -0.1) is 0 Å². The van der Waals surface area contributed by atoms with Gasteiger partial charge in [0.25, 0.3) is 0 Å². The van der Waals surface area contributed by atoms with Crippen molar-refractivity contribution < 1.29 is 9.53 Å². The molecule has 148 valence electrons. The lowest BCUT2D eigenvalue weighted by molar-refractivity contribution is -0.124. The molecule has 28 heavy (non-hydrogen) atoms. The Kier molecular flexibility index (Phi) is 6.34. The highest BCUT2D eigenvalue weighted by atomic mass is 16.5. The molecule has 1 heterocycles. The number of aromatic nitrogens is 2. The molecule has 1 N–H and O–H groups in total. The molecule has 0 fully saturated rings. The SMILES string of the molecule is Cc1ccc(OCCCn2c(CNC(=O)C(C)C)nc3ccccc32)cc1C. The fourth-order valence-electron chi connectivity index (χ4n) is 3.10. The van der Waals surface area contributed by atoms with Crippen molar-refractivity contribution in [2.24, 2.45) is 5.92 Å². The Balaban J connectivity index is 1.66. The van der Waals surface area contributed by atoms with E-state index in [2.05, 4.69) is 41.9 Å². The molecule has 0 unspecified atom stereocenters. The normalized spacial score (nSPS) is 11.2. The molecular formula is C23H29N3O2.